The Bertz CT molecular complexity index is 1130. The Hall–Kier alpha value is -3.16. The van der Waals surface area contributed by atoms with E-state index in [1.165, 1.54) is 19.2 Å². The summed E-state index contributed by atoms with van der Waals surface area (Å²) in [6, 6.07) is 23.2. The van der Waals surface area contributed by atoms with Crippen LogP contribution in [-0.4, -0.2) is 28.0 Å². The van der Waals surface area contributed by atoms with Gasteiger partial charge in [0.25, 0.3) is 0 Å². The highest BCUT2D eigenvalue weighted by Gasteiger charge is 2.20. The zero-order valence-electron chi connectivity index (χ0n) is 18.2. The van der Waals surface area contributed by atoms with Gasteiger partial charge in [-0.25, -0.2) is 0 Å². The second-order valence-electron chi connectivity index (χ2n) is 7.52. The summed E-state index contributed by atoms with van der Waals surface area (Å²) in [7, 11) is -2.61. The number of esters is 1. The second kappa shape index (κ2) is 10.9. The Kier molecular flexibility index (Phi) is 8.03. The third kappa shape index (κ3) is 6.67. The molecule has 7 heteroatoms. The molecule has 0 aliphatic heterocycles. The number of hydrogen-bond donors (Lipinski definition) is 1. The molecule has 0 aromatic heterocycles. The molecule has 3 aromatic rings. The van der Waals surface area contributed by atoms with Gasteiger partial charge in [0.2, 0.25) is 0 Å². The molecule has 1 unspecified atom stereocenters. The van der Waals surface area contributed by atoms with E-state index in [1.54, 1.807) is 30.3 Å². The van der Waals surface area contributed by atoms with E-state index in [0.29, 0.717) is 13.1 Å². The summed E-state index contributed by atoms with van der Waals surface area (Å²) in [6.45, 7) is 3.04. The predicted octanol–water partition coefficient (Wildman–Crippen LogP) is 4.20. The van der Waals surface area contributed by atoms with Gasteiger partial charge in [0, 0.05) is 19.0 Å². The third-order valence-electron chi connectivity index (χ3n) is 5.05. The van der Waals surface area contributed by atoms with Gasteiger partial charge in [0.15, 0.2) is 0 Å². The van der Waals surface area contributed by atoms with Crippen molar-refractivity contribution in [2.24, 2.45) is 0 Å². The molecule has 6 nitrogen and oxygen atoms in total. The number of rotatable bonds is 10. The van der Waals surface area contributed by atoms with Gasteiger partial charge in [0.1, 0.15) is 10.6 Å². The van der Waals surface area contributed by atoms with Crippen LogP contribution >= 0.6 is 0 Å². The molecule has 0 heterocycles. The van der Waals surface area contributed by atoms with Gasteiger partial charge in [-0.05, 0) is 42.3 Å². The fraction of sp³-hybridized carbons (Fsp3) is 0.240. The van der Waals surface area contributed by atoms with Crippen molar-refractivity contribution in [1.29, 1.82) is 0 Å². The van der Waals surface area contributed by atoms with Crippen LogP contribution in [0.5, 0.6) is 5.75 Å². The number of hydrogen-bond acceptors (Lipinski definition) is 6. The van der Waals surface area contributed by atoms with Crippen molar-refractivity contribution in [2.75, 3.05) is 13.7 Å². The Morgan fingerprint density at radius 1 is 0.969 bits per heavy atom. The molecule has 3 rings (SSSR count). The summed E-state index contributed by atoms with van der Waals surface area (Å²) in [6.07, 6.45) is 0.159. The van der Waals surface area contributed by atoms with Gasteiger partial charge < -0.3 is 14.2 Å². The normalized spacial score (nSPS) is 12.2. The minimum absolute atomic E-state index is 0.0872. The number of benzene rings is 3. The molecule has 0 fully saturated rings. The van der Waals surface area contributed by atoms with E-state index in [4.69, 9.17) is 8.92 Å². The van der Waals surface area contributed by atoms with Crippen LogP contribution in [0.15, 0.2) is 83.8 Å². The zero-order chi connectivity index (χ0) is 23.0. The van der Waals surface area contributed by atoms with Gasteiger partial charge in [-0.15, -0.1) is 0 Å². The van der Waals surface area contributed by atoms with E-state index in [0.717, 1.165) is 16.7 Å². The molecule has 0 aliphatic carbocycles. The van der Waals surface area contributed by atoms with Crippen LogP contribution < -0.4 is 9.50 Å². The molecule has 0 spiro atoms. The number of aryl methyl sites for hydroxylation is 1. The summed E-state index contributed by atoms with van der Waals surface area (Å²) < 4.78 is 35.5. The lowest BCUT2D eigenvalue weighted by Crippen LogP contribution is -2.23. The molecule has 1 atom stereocenters. The average molecular weight is 454 g/mol. The van der Waals surface area contributed by atoms with Crippen molar-refractivity contribution in [3.63, 3.8) is 0 Å². The first-order valence-corrected chi connectivity index (χ1v) is 11.7. The van der Waals surface area contributed by atoms with Crippen LogP contribution in [0.1, 0.15) is 29.0 Å². The predicted molar refractivity (Wildman–Crippen MR) is 123 cm³/mol. The molecule has 0 saturated heterocycles. The van der Waals surface area contributed by atoms with Gasteiger partial charge in [-0.2, -0.15) is 8.42 Å². The van der Waals surface area contributed by atoms with Crippen LogP contribution in [-0.2, 0) is 26.2 Å². The van der Waals surface area contributed by atoms with E-state index < -0.39 is 10.1 Å². The maximum absolute atomic E-state index is 12.6. The van der Waals surface area contributed by atoms with Crippen molar-refractivity contribution in [3.8, 4) is 5.75 Å². The number of nitrogens with one attached hydrogen (secondary N) is 1. The van der Waals surface area contributed by atoms with E-state index in [2.05, 4.69) is 5.32 Å². The fourth-order valence-electron chi connectivity index (χ4n) is 3.28. The van der Waals surface area contributed by atoms with Gasteiger partial charge in [-0.3, -0.25) is 4.79 Å². The van der Waals surface area contributed by atoms with E-state index in [9.17, 15) is 13.2 Å². The van der Waals surface area contributed by atoms with Crippen LogP contribution in [0.3, 0.4) is 0 Å². The molecular formula is C25H27NO5S. The van der Waals surface area contributed by atoms with Crippen LogP contribution in [0.2, 0.25) is 0 Å². The number of carbonyl (C=O) groups is 1. The monoisotopic (exact) mass is 453 g/mol. The molecule has 0 aliphatic rings. The highest BCUT2D eigenvalue weighted by Crippen LogP contribution is 2.26. The Balaban J connectivity index is 1.75. The Labute approximate surface area is 189 Å². The lowest BCUT2D eigenvalue weighted by molar-refractivity contribution is -0.141. The summed E-state index contributed by atoms with van der Waals surface area (Å²) >= 11 is 0. The lowest BCUT2D eigenvalue weighted by atomic mass is 9.95. The molecule has 32 heavy (non-hydrogen) atoms. The first kappa shape index (κ1) is 23.5. The molecule has 1 N–H and O–H groups in total. The van der Waals surface area contributed by atoms with Gasteiger partial charge in [-0.1, -0.05) is 60.2 Å². The summed E-state index contributed by atoms with van der Waals surface area (Å²) in [5, 5.41) is 3.36. The second-order valence-corrected chi connectivity index (χ2v) is 9.06. The number of carbonyl (C=O) groups excluding carboxylic acids is 1. The third-order valence-corrected chi connectivity index (χ3v) is 6.31. The zero-order valence-corrected chi connectivity index (χ0v) is 19.0. The first-order valence-electron chi connectivity index (χ1n) is 10.3. The Morgan fingerprint density at radius 3 is 2.38 bits per heavy atom. The largest absolute Gasteiger partial charge is 0.469 e. The minimum atomic E-state index is -3.96. The van der Waals surface area contributed by atoms with Crippen molar-refractivity contribution < 1.29 is 22.1 Å². The van der Waals surface area contributed by atoms with Crippen molar-refractivity contribution >= 4 is 16.1 Å². The number of ether oxygens (including phenoxy) is 1. The maximum atomic E-state index is 12.6. The van der Waals surface area contributed by atoms with E-state index in [-0.39, 0.29) is 29.0 Å². The van der Waals surface area contributed by atoms with E-state index in [1.807, 2.05) is 43.3 Å². The quantitative estimate of drug-likeness (QED) is 0.366. The van der Waals surface area contributed by atoms with E-state index >= 15 is 0 Å². The van der Waals surface area contributed by atoms with Crippen LogP contribution in [0.4, 0.5) is 0 Å². The maximum Gasteiger partial charge on any atom is 0.339 e. The highest BCUT2D eigenvalue weighted by atomic mass is 32.2. The highest BCUT2D eigenvalue weighted by molar-refractivity contribution is 7.87. The van der Waals surface area contributed by atoms with Crippen LogP contribution in [0.25, 0.3) is 0 Å². The average Bonchev–Trinajstić information content (AvgIpc) is 2.79. The lowest BCUT2D eigenvalue weighted by Gasteiger charge is -2.18. The summed E-state index contributed by atoms with van der Waals surface area (Å²) in [4.78, 5) is 12.1. The van der Waals surface area contributed by atoms with Crippen molar-refractivity contribution in [1.82, 2.24) is 5.32 Å². The van der Waals surface area contributed by atoms with Crippen molar-refractivity contribution in [3.05, 3.63) is 95.6 Å². The molecule has 0 amide bonds. The SMILES string of the molecule is COC(=O)CC(CNCc1ccccc1)c1cccc(OS(=O)(=O)c2ccc(C)cc2)c1. The summed E-state index contributed by atoms with van der Waals surface area (Å²) in [5.74, 6) is -0.354. The molecule has 0 saturated carbocycles. The molecule has 0 radical (unpaired) electrons. The first-order chi connectivity index (χ1) is 15.4. The van der Waals surface area contributed by atoms with Gasteiger partial charge >= 0.3 is 16.1 Å². The molecular weight excluding hydrogens is 426 g/mol. The molecule has 0 bridgehead atoms. The Morgan fingerprint density at radius 2 is 1.69 bits per heavy atom. The smallest absolute Gasteiger partial charge is 0.339 e. The number of methoxy groups -OCH3 is 1. The minimum Gasteiger partial charge on any atom is -0.469 e. The fourth-order valence-corrected chi connectivity index (χ4v) is 4.20. The van der Waals surface area contributed by atoms with Crippen molar-refractivity contribution in [2.45, 2.75) is 30.7 Å². The van der Waals surface area contributed by atoms with Gasteiger partial charge in [0.05, 0.1) is 13.5 Å². The summed E-state index contributed by atoms with van der Waals surface area (Å²) in [5.41, 5.74) is 2.87. The molecule has 3 aromatic carbocycles. The van der Waals surface area contributed by atoms with Crippen LogP contribution in [0, 0.1) is 6.92 Å². The topological polar surface area (TPSA) is 81.7 Å². The standard InChI is InChI=1S/C25H27NO5S/c1-19-11-13-24(14-12-19)32(28,29)31-23-10-6-9-21(15-23)22(16-25(27)30-2)18-26-17-20-7-4-3-5-8-20/h3-15,22,26H,16-18H2,1-2H3. The molecule has 168 valence electrons.